The summed E-state index contributed by atoms with van der Waals surface area (Å²) in [4.78, 5) is 7.61. The standard InChI is InChI=1S/C10H15N5O2.ClH/c1-16-7-3-6(4-8(5-7)17-2)14-10(13)15-9(11)12;/h3-5H,1-2H3,(H6,11,12,13,14,15);1H. The maximum Gasteiger partial charge on any atom is 0.223 e. The van der Waals surface area contributed by atoms with Gasteiger partial charge in [-0.05, 0) is 0 Å². The molecule has 0 saturated heterocycles. The van der Waals surface area contributed by atoms with Crippen LogP contribution in [0.3, 0.4) is 0 Å². The molecule has 0 aliphatic heterocycles. The first kappa shape index (κ1) is 15.9. The van der Waals surface area contributed by atoms with Gasteiger partial charge in [-0.25, -0.2) is 4.99 Å². The number of hydrogen-bond acceptors (Lipinski definition) is 3. The van der Waals surface area contributed by atoms with Crippen LogP contribution < -0.4 is 26.7 Å². The van der Waals surface area contributed by atoms with Gasteiger partial charge in [0.1, 0.15) is 11.5 Å². The number of hydrogen-bond donors (Lipinski definition) is 3. The van der Waals surface area contributed by atoms with E-state index in [1.165, 1.54) is 0 Å². The predicted molar refractivity (Wildman–Crippen MR) is 73.9 cm³/mol. The first-order chi connectivity index (χ1) is 8.05. The Kier molecular flexibility index (Phi) is 6.37. The summed E-state index contributed by atoms with van der Waals surface area (Å²) in [6, 6.07) is 5.07. The predicted octanol–water partition coefficient (Wildman–Crippen LogP) is 0.345. The molecule has 0 aliphatic rings. The van der Waals surface area contributed by atoms with E-state index >= 15 is 0 Å². The summed E-state index contributed by atoms with van der Waals surface area (Å²) in [5, 5.41) is 0. The fraction of sp³-hybridized carbons (Fsp3) is 0.200. The van der Waals surface area contributed by atoms with E-state index in [9.17, 15) is 0 Å². The zero-order valence-corrected chi connectivity index (χ0v) is 10.9. The van der Waals surface area contributed by atoms with Crippen LogP contribution in [0.25, 0.3) is 0 Å². The molecule has 0 amide bonds. The Balaban J connectivity index is 0.00000289. The maximum atomic E-state index is 5.51. The van der Waals surface area contributed by atoms with E-state index in [1.807, 2.05) is 0 Å². The maximum absolute atomic E-state index is 5.51. The number of nitrogens with zero attached hydrogens (tertiary/aromatic N) is 2. The van der Waals surface area contributed by atoms with Crippen molar-refractivity contribution in [2.75, 3.05) is 14.2 Å². The Morgan fingerprint density at radius 1 is 1.00 bits per heavy atom. The normalized spacial score (nSPS) is 10.2. The van der Waals surface area contributed by atoms with Gasteiger partial charge in [-0.2, -0.15) is 4.99 Å². The molecule has 0 aromatic heterocycles. The average molecular weight is 274 g/mol. The zero-order valence-electron chi connectivity index (χ0n) is 10.1. The van der Waals surface area contributed by atoms with Crippen LogP contribution in [0, 0.1) is 0 Å². The van der Waals surface area contributed by atoms with Gasteiger partial charge in [-0.1, -0.05) is 0 Å². The molecule has 1 rings (SSSR count). The third-order valence-electron chi connectivity index (χ3n) is 1.82. The van der Waals surface area contributed by atoms with Crippen molar-refractivity contribution in [2.24, 2.45) is 27.2 Å². The molecular formula is C10H16ClN5O2. The largest absolute Gasteiger partial charge is 0.497 e. The third-order valence-corrected chi connectivity index (χ3v) is 1.82. The molecule has 0 unspecified atom stereocenters. The van der Waals surface area contributed by atoms with Gasteiger partial charge in [0.05, 0.1) is 19.9 Å². The van der Waals surface area contributed by atoms with Crippen LogP contribution in [0.5, 0.6) is 11.5 Å². The number of guanidine groups is 2. The summed E-state index contributed by atoms with van der Waals surface area (Å²) in [6.45, 7) is 0. The summed E-state index contributed by atoms with van der Waals surface area (Å²) in [7, 11) is 3.09. The molecule has 0 aliphatic carbocycles. The molecule has 7 nitrogen and oxygen atoms in total. The highest BCUT2D eigenvalue weighted by atomic mass is 35.5. The number of halogens is 1. The van der Waals surface area contributed by atoms with Crippen molar-refractivity contribution in [1.82, 2.24) is 0 Å². The molecule has 0 radical (unpaired) electrons. The molecule has 1 aromatic carbocycles. The molecular weight excluding hydrogens is 258 g/mol. The Hall–Kier alpha value is -2.15. The molecule has 8 heteroatoms. The quantitative estimate of drug-likeness (QED) is 0.542. The van der Waals surface area contributed by atoms with Crippen molar-refractivity contribution in [3.63, 3.8) is 0 Å². The Labute approximate surface area is 111 Å². The minimum Gasteiger partial charge on any atom is -0.497 e. The number of methoxy groups -OCH3 is 2. The monoisotopic (exact) mass is 273 g/mol. The lowest BCUT2D eigenvalue weighted by Gasteiger charge is -2.05. The summed E-state index contributed by atoms with van der Waals surface area (Å²) in [6.07, 6.45) is 0. The van der Waals surface area contributed by atoms with Crippen LogP contribution in [0.1, 0.15) is 0 Å². The lowest BCUT2D eigenvalue weighted by atomic mass is 10.3. The average Bonchev–Trinajstić information content (AvgIpc) is 2.27. The number of nitrogens with two attached hydrogens (primary N) is 3. The van der Waals surface area contributed by atoms with Gasteiger partial charge in [-0.3, -0.25) is 0 Å². The highest BCUT2D eigenvalue weighted by molar-refractivity contribution is 5.93. The van der Waals surface area contributed by atoms with E-state index in [4.69, 9.17) is 26.7 Å². The highest BCUT2D eigenvalue weighted by Crippen LogP contribution is 2.27. The number of ether oxygens (including phenoxy) is 2. The van der Waals surface area contributed by atoms with Crippen LogP contribution >= 0.6 is 12.4 Å². The molecule has 6 N–H and O–H groups in total. The van der Waals surface area contributed by atoms with Gasteiger partial charge in [0.25, 0.3) is 0 Å². The molecule has 0 heterocycles. The smallest absolute Gasteiger partial charge is 0.223 e. The Morgan fingerprint density at radius 2 is 1.50 bits per heavy atom. The number of aliphatic imine (C=N–C) groups is 2. The van der Waals surface area contributed by atoms with Crippen molar-refractivity contribution in [3.8, 4) is 11.5 Å². The van der Waals surface area contributed by atoms with E-state index in [-0.39, 0.29) is 24.3 Å². The van der Waals surface area contributed by atoms with Crippen molar-refractivity contribution in [1.29, 1.82) is 0 Å². The van der Waals surface area contributed by atoms with E-state index in [0.29, 0.717) is 17.2 Å². The summed E-state index contributed by atoms with van der Waals surface area (Å²) < 4.78 is 10.2. The van der Waals surface area contributed by atoms with Crippen molar-refractivity contribution < 1.29 is 9.47 Å². The van der Waals surface area contributed by atoms with E-state index in [2.05, 4.69) is 9.98 Å². The fourth-order valence-corrected chi connectivity index (χ4v) is 1.15. The molecule has 0 fully saturated rings. The fourth-order valence-electron chi connectivity index (χ4n) is 1.15. The Bertz CT molecular complexity index is 435. The van der Waals surface area contributed by atoms with Crippen LogP contribution in [0.4, 0.5) is 5.69 Å². The lowest BCUT2D eigenvalue weighted by molar-refractivity contribution is 0.394. The third kappa shape index (κ3) is 4.79. The van der Waals surface area contributed by atoms with Gasteiger partial charge in [0.15, 0.2) is 5.96 Å². The van der Waals surface area contributed by atoms with Gasteiger partial charge in [-0.15, -0.1) is 12.4 Å². The highest BCUT2D eigenvalue weighted by Gasteiger charge is 2.01. The first-order valence-corrected chi connectivity index (χ1v) is 4.72. The summed E-state index contributed by atoms with van der Waals surface area (Å²) >= 11 is 0. The molecule has 100 valence electrons. The van der Waals surface area contributed by atoms with Crippen LogP contribution in [-0.2, 0) is 0 Å². The van der Waals surface area contributed by atoms with Crippen molar-refractivity contribution >= 4 is 30.0 Å². The SMILES string of the molecule is COc1cc(N=C(N)N=C(N)N)cc(OC)c1.Cl. The molecule has 1 aromatic rings. The molecule has 0 bridgehead atoms. The van der Waals surface area contributed by atoms with Gasteiger partial charge >= 0.3 is 0 Å². The topological polar surface area (TPSA) is 121 Å². The van der Waals surface area contributed by atoms with Gasteiger partial charge in [0, 0.05) is 18.2 Å². The van der Waals surface area contributed by atoms with E-state index in [0.717, 1.165) is 0 Å². The lowest BCUT2D eigenvalue weighted by Crippen LogP contribution is -2.26. The molecule has 0 saturated carbocycles. The van der Waals surface area contributed by atoms with Crippen molar-refractivity contribution in [2.45, 2.75) is 0 Å². The second-order valence-electron chi connectivity index (χ2n) is 3.08. The molecule has 18 heavy (non-hydrogen) atoms. The summed E-state index contributed by atoms with van der Waals surface area (Å²) in [5.41, 5.74) is 16.4. The summed E-state index contributed by atoms with van der Waals surface area (Å²) in [5.74, 6) is 1.00. The van der Waals surface area contributed by atoms with Crippen molar-refractivity contribution in [3.05, 3.63) is 18.2 Å². The van der Waals surface area contributed by atoms with E-state index < -0.39 is 0 Å². The van der Waals surface area contributed by atoms with Crippen LogP contribution in [-0.4, -0.2) is 26.1 Å². The Morgan fingerprint density at radius 3 is 1.89 bits per heavy atom. The second-order valence-corrected chi connectivity index (χ2v) is 3.08. The number of benzene rings is 1. The second kappa shape index (κ2) is 7.23. The minimum atomic E-state index is -0.152. The molecule has 0 spiro atoms. The zero-order chi connectivity index (χ0) is 12.8. The molecule has 0 atom stereocenters. The minimum absolute atomic E-state index is 0. The van der Waals surface area contributed by atoms with E-state index in [1.54, 1.807) is 32.4 Å². The van der Waals surface area contributed by atoms with Crippen LogP contribution in [0.2, 0.25) is 0 Å². The van der Waals surface area contributed by atoms with Gasteiger partial charge < -0.3 is 26.7 Å². The number of rotatable bonds is 3. The first-order valence-electron chi connectivity index (χ1n) is 4.72. The van der Waals surface area contributed by atoms with Crippen LogP contribution in [0.15, 0.2) is 28.2 Å². The van der Waals surface area contributed by atoms with Gasteiger partial charge in [0.2, 0.25) is 5.96 Å².